The van der Waals surface area contributed by atoms with Crippen LogP contribution in [-0.2, 0) is 4.74 Å². The molecule has 0 radical (unpaired) electrons. The zero-order chi connectivity index (χ0) is 13.1. The van der Waals surface area contributed by atoms with E-state index in [1.807, 2.05) is 12.1 Å². The van der Waals surface area contributed by atoms with Crippen LogP contribution in [0.3, 0.4) is 0 Å². The van der Waals surface area contributed by atoms with Crippen LogP contribution in [0.2, 0.25) is 0 Å². The van der Waals surface area contributed by atoms with Gasteiger partial charge in [-0.1, -0.05) is 6.07 Å². The van der Waals surface area contributed by atoms with Gasteiger partial charge in [-0.3, -0.25) is 4.79 Å². The molecule has 2 rings (SSSR count). The first-order chi connectivity index (χ1) is 8.63. The molecule has 1 aromatic carbocycles. The quantitative estimate of drug-likeness (QED) is 0.782. The molecule has 1 atom stereocenters. The van der Waals surface area contributed by atoms with Crippen LogP contribution >= 0.6 is 0 Å². The Labute approximate surface area is 107 Å². The number of benzene rings is 1. The van der Waals surface area contributed by atoms with Crippen molar-refractivity contribution in [2.75, 3.05) is 30.8 Å². The molecule has 5 heteroatoms. The second-order valence-electron chi connectivity index (χ2n) is 4.55. The highest BCUT2D eigenvalue weighted by atomic mass is 16.5. The maximum atomic E-state index is 11.3. The normalized spacial score (nSPS) is 19.8. The van der Waals surface area contributed by atoms with E-state index in [0.717, 1.165) is 31.6 Å². The van der Waals surface area contributed by atoms with Crippen molar-refractivity contribution in [3.8, 4) is 0 Å². The summed E-state index contributed by atoms with van der Waals surface area (Å²) in [5, 5.41) is 0. The van der Waals surface area contributed by atoms with Gasteiger partial charge in [0.15, 0.2) is 0 Å². The number of carbonyl (C=O) groups excluding carboxylic acids is 1. The predicted octanol–water partition coefficient (Wildman–Crippen LogP) is 0.983. The van der Waals surface area contributed by atoms with Gasteiger partial charge in [0.05, 0.1) is 23.0 Å². The van der Waals surface area contributed by atoms with Crippen molar-refractivity contribution in [2.24, 2.45) is 5.73 Å². The first-order valence-electron chi connectivity index (χ1n) is 6.09. The molecule has 1 heterocycles. The number of hydrogen-bond acceptors (Lipinski definition) is 4. The molecule has 4 N–H and O–H groups in total. The Morgan fingerprint density at radius 2 is 2.28 bits per heavy atom. The Morgan fingerprint density at radius 1 is 1.50 bits per heavy atom. The zero-order valence-corrected chi connectivity index (χ0v) is 10.6. The molecule has 0 spiro atoms. The van der Waals surface area contributed by atoms with E-state index in [1.54, 1.807) is 13.2 Å². The van der Waals surface area contributed by atoms with E-state index in [9.17, 15) is 4.79 Å². The average molecular weight is 249 g/mol. The van der Waals surface area contributed by atoms with Gasteiger partial charge in [0.25, 0.3) is 5.91 Å². The molecule has 1 aliphatic heterocycles. The number of nitrogens with two attached hydrogens (primary N) is 2. The van der Waals surface area contributed by atoms with Gasteiger partial charge in [0.2, 0.25) is 0 Å². The number of nitrogens with zero attached hydrogens (tertiary/aromatic N) is 1. The third-order valence-electron chi connectivity index (χ3n) is 3.40. The van der Waals surface area contributed by atoms with E-state index < -0.39 is 5.91 Å². The summed E-state index contributed by atoms with van der Waals surface area (Å²) in [6.45, 7) is 1.72. The Bertz CT molecular complexity index is 448. The number of methoxy groups -OCH3 is 1. The van der Waals surface area contributed by atoms with E-state index in [0.29, 0.717) is 11.3 Å². The molecule has 0 bridgehead atoms. The molecule has 18 heavy (non-hydrogen) atoms. The van der Waals surface area contributed by atoms with Crippen molar-refractivity contribution in [3.63, 3.8) is 0 Å². The number of para-hydroxylation sites is 1. The number of nitrogen functional groups attached to an aromatic ring is 1. The van der Waals surface area contributed by atoms with Crippen LogP contribution in [0.4, 0.5) is 11.4 Å². The molecule has 0 aliphatic carbocycles. The van der Waals surface area contributed by atoms with Gasteiger partial charge >= 0.3 is 0 Å². The first kappa shape index (κ1) is 12.7. The molecule has 1 saturated heterocycles. The van der Waals surface area contributed by atoms with Crippen LogP contribution in [0, 0.1) is 0 Å². The monoisotopic (exact) mass is 249 g/mol. The van der Waals surface area contributed by atoms with E-state index in [1.165, 1.54) is 0 Å². The van der Waals surface area contributed by atoms with Crippen molar-refractivity contribution < 1.29 is 9.53 Å². The fourth-order valence-corrected chi connectivity index (χ4v) is 2.39. The first-order valence-corrected chi connectivity index (χ1v) is 6.09. The number of ether oxygens (including phenoxy) is 1. The van der Waals surface area contributed by atoms with Crippen LogP contribution in [0.25, 0.3) is 0 Å². The van der Waals surface area contributed by atoms with Crippen molar-refractivity contribution in [2.45, 2.75) is 18.9 Å². The second kappa shape index (κ2) is 5.27. The number of anilines is 2. The van der Waals surface area contributed by atoms with Crippen molar-refractivity contribution in [3.05, 3.63) is 23.8 Å². The smallest absolute Gasteiger partial charge is 0.250 e. The summed E-state index contributed by atoms with van der Waals surface area (Å²) in [7, 11) is 1.72. The molecule has 1 amide bonds. The van der Waals surface area contributed by atoms with Crippen LogP contribution in [0.15, 0.2) is 18.2 Å². The molecular formula is C13H19N3O2. The molecule has 0 aromatic heterocycles. The minimum Gasteiger partial charge on any atom is -0.396 e. The number of primary amides is 1. The fraction of sp³-hybridized carbons (Fsp3) is 0.462. The maximum Gasteiger partial charge on any atom is 0.250 e. The topological polar surface area (TPSA) is 81.6 Å². The molecule has 5 nitrogen and oxygen atoms in total. The largest absolute Gasteiger partial charge is 0.396 e. The van der Waals surface area contributed by atoms with Crippen molar-refractivity contribution >= 4 is 17.3 Å². The predicted molar refractivity (Wildman–Crippen MR) is 71.6 cm³/mol. The highest BCUT2D eigenvalue weighted by Gasteiger charge is 2.22. The van der Waals surface area contributed by atoms with Crippen molar-refractivity contribution in [1.29, 1.82) is 0 Å². The third kappa shape index (κ3) is 2.41. The molecule has 1 aliphatic rings. The van der Waals surface area contributed by atoms with Crippen LogP contribution in [-0.4, -0.2) is 32.2 Å². The molecule has 1 unspecified atom stereocenters. The van der Waals surface area contributed by atoms with Gasteiger partial charge < -0.3 is 21.1 Å². The third-order valence-corrected chi connectivity index (χ3v) is 3.40. The number of amides is 1. The summed E-state index contributed by atoms with van der Waals surface area (Å²) in [5.74, 6) is -0.491. The van der Waals surface area contributed by atoms with Gasteiger partial charge in [-0.2, -0.15) is 0 Å². The molecule has 1 fully saturated rings. The van der Waals surface area contributed by atoms with Crippen LogP contribution < -0.4 is 16.4 Å². The summed E-state index contributed by atoms with van der Waals surface area (Å²) in [6.07, 6.45) is 2.33. The lowest BCUT2D eigenvalue weighted by Gasteiger charge is -2.34. The van der Waals surface area contributed by atoms with Crippen molar-refractivity contribution in [1.82, 2.24) is 0 Å². The molecule has 0 saturated carbocycles. The molecular weight excluding hydrogens is 230 g/mol. The van der Waals surface area contributed by atoms with E-state index in [4.69, 9.17) is 16.2 Å². The SMILES string of the molecule is COC1CCCN(c2cccc(C(N)=O)c2N)C1. The lowest BCUT2D eigenvalue weighted by molar-refractivity contribution is 0.0894. The lowest BCUT2D eigenvalue weighted by atomic mass is 10.0. The standard InChI is InChI=1S/C13H19N3O2/c1-18-9-4-3-7-16(8-9)11-6-2-5-10(12(11)14)13(15)17/h2,5-6,9H,3-4,7-8,14H2,1H3,(H2,15,17). The number of piperidine rings is 1. The zero-order valence-electron chi connectivity index (χ0n) is 10.6. The summed E-state index contributed by atoms with van der Waals surface area (Å²) >= 11 is 0. The Morgan fingerprint density at radius 3 is 2.94 bits per heavy atom. The van der Waals surface area contributed by atoms with Gasteiger partial charge in [-0.05, 0) is 25.0 Å². The van der Waals surface area contributed by atoms with Gasteiger partial charge in [-0.25, -0.2) is 0 Å². The summed E-state index contributed by atoms with van der Waals surface area (Å²) in [4.78, 5) is 13.4. The minimum atomic E-state index is -0.491. The van der Waals surface area contributed by atoms with Crippen LogP contribution in [0.5, 0.6) is 0 Å². The summed E-state index contributed by atoms with van der Waals surface area (Å²) in [6, 6.07) is 5.38. The van der Waals surface area contributed by atoms with Gasteiger partial charge in [0, 0.05) is 20.2 Å². The highest BCUT2D eigenvalue weighted by molar-refractivity contribution is 6.00. The lowest BCUT2D eigenvalue weighted by Crippen LogP contribution is -2.39. The maximum absolute atomic E-state index is 11.3. The summed E-state index contributed by atoms with van der Waals surface area (Å²) < 4.78 is 5.39. The molecule has 1 aromatic rings. The number of rotatable bonds is 3. The fourth-order valence-electron chi connectivity index (χ4n) is 2.39. The number of carbonyl (C=O) groups is 1. The Hall–Kier alpha value is -1.75. The van der Waals surface area contributed by atoms with E-state index in [2.05, 4.69) is 4.90 Å². The molecule has 98 valence electrons. The van der Waals surface area contributed by atoms with E-state index >= 15 is 0 Å². The van der Waals surface area contributed by atoms with Gasteiger partial charge in [-0.15, -0.1) is 0 Å². The van der Waals surface area contributed by atoms with Gasteiger partial charge in [0.1, 0.15) is 0 Å². The second-order valence-corrected chi connectivity index (χ2v) is 4.55. The summed E-state index contributed by atoms with van der Waals surface area (Å²) in [5.41, 5.74) is 13.0. The average Bonchev–Trinajstić information content (AvgIpc) is 2.38. The minimum absolute atomic E-state index is 0.218. The highest BCUT2D eigenvalue weighted by Crippen LogP contribution is 2.29. The Kier molecular flexibility index (Phi) is 3.72. The number of hydrogen-bond donors (Lipinski definition) is 2. The van der Waals surface area contributed by atoms with Crippen LogP contribution in [0.1, 0.15) is 23.2 Å². The van der Waals surface area contributed by atoms with E-state index in [-0.39, 0.29) is 6.10 Å². The Balaban J connectivity index is 2.27.